The Bertz CT molecular complexity index is 1370. The van der Waals surface area contributed by atoms with Gasteiger partial charge in [-0.25, -0.2) is 0 Å². The molecule has 0 fully saturated rings. The summed E-state index contributed by atoms with van der Waals surface area (Å²) in [6, 6.07) is 28.3. The summed E-state index contributed by atoms with van der Waals surface area (Å²) in [5, 5.41) is 0. The van der Waals surface area contributed by atoms with Gasteiger partial charge in [-0.05, 0) is 81.3 Å². The zero-order chi connectivity index (χ0) is 29.4. The van der Waals surface area contributed by atoms with E-state index in [9.17, 15) is 0 Å². The number of aromatic nitrogens is 1. The first-order chi connectivity index (χ1) is 19.8. The molecule has 0 saturated carbocycles. The van der Waals surface area contributed by atoms with Crippen molar-refractivity contribution in [2.75, 3.05) is 7.11 Å². The fourth-order valence-corrected chi connectivity index (χ4v) is 5.54. The summed E-state index contributed by atoms with van der Waals surface area (Å²) in [5.41, 5.74) is 9.71. The Morgan fingerprint density at radius 3 is 2.02 bits per heavy atom. The van der Waals surface area contributed by atoms with Gasteiger partial charge in [0.05, 0.1) is 18.9 Å². The highest BCUT2D eigenvalue weighted by atomic mass is 16.5. The Balaban J connectivity index is 1.73. The lowest BCUT2D eigenvalue weighted by Gasteiger charge is -2.31. The van der Waals surface area contributed by atoms with Crippen molar-refractivity contribution in [3.63, 3.8) is 0 Å². The Kier molecular flexibility index (Phi) is 10.6. The molecule has 0 aliphatic rings. The second-order valence-electron chi connectivity index (χ2n) is 11.2. The lowest BCUT2D eigenvalue weighted by Crippen LogP contribution is -2.34. The maximum atomic E-state index is 6.53. The van der Waals surface area contributed by atoms with Crippen LogP contribution < -0.4 is 9.47 Å². The lowest BCUT2D eigenvalue weighted by atomic mass is 9.94. The van der Waals surface area contributed by atoms with Gasteiger partial charge in [-0.1, -0.05) is 74.5 Å². The molecule has 1 aromatic heterocycles. The molecule has 0 amide bonds. The quantitative estimate of drug-likeness (QED) is 0.167. The zero-order valence-corrected chi connectivity index (χ0v) is 25.9. The van der Waals surface area contributed by atoms with Crippen LogP contribution in [0, 0.1) is 6.92 Å². The minimum Gasteiger partial charge on any atom is -0.497 e. The van der Waals surface area contributed by atoms with Crippen molar-refractivity contribution in [3.8, 4) is 22.8 Å². The number of benzene rings is 3. The molecule has 0 aliphatic carbocycles. The molecule has 4 aromatic rings. The number of hydrogen-bond donors (Lipinski definition) is 0. The van der Waals surface area contributed by atoms with Crippen molar-refractivity contribution in [3.05, 3.63) is 112 Å². The van der Waals surface area contributed by atoms with Crippen molar-refractivity contribution in [2.24, 2.45) is 0 Å². The van der Waals surface area contributed by atoms with Gasteiger partial charge < -0.3 is 9.47 Å². The van der Waals surface area contributed by atoms with Crippen LogP contribution in [0.5, 0.6) is 11.5 Å². The first-order valence-electron chi connectivity index (χ1n) is 15.0. The van der Waals surface area contributed by atoms with E-state index in [1.54, 1.807) is 7.11 Å². The summed E-state index contributed by atoms with van der Waals surface area (Å²) in [6.07, 6.45) is 2.94. The van der Waals surface area contributed by atoms with Crippen LogP contribution >= 0.6 is 0 Å². The van der Waals surface area contributed by atoms with Crippen molar-refractivity contribution in [1.29, 1.82) is 0 Å². The van der Waals surface area contributed by atoms with Crippen LogP contribution in [-0.4, -0.2) is 29.1 Å². The second kappa shape index (κ2) is 14.3. The van der Waals surface area contributed by atoms with Crippen LogP contribution in [0.3, 0.4) is 0 Å². The molecule has 0 N–H and O–H groups in total. The van der Waals surface area contributed by atoms with E-state index in [4.69, 9.17) is 14.5 Å². The van der Waals surface area contributed by atoms with Crippen molar-refractivity contribution < 1.29 is 9.47 Å². The van der Waals surface area contributed by atoms with E-state index in [-0.39, 0.29) is 6.10 Å². The summed E-state index contributed by atoms with van der Waals surface area (Å²) in [6.45, 7) is 14.7. The van der Waals surface area contributed by atoms with Gasteiger partial charge >= 0.3 is 0 Å². The molecule has 3 aromatic carbocycles. The number of hydrogen-bond acceptors (Lipinski definition) is 4. The topological polar surface area (TPSA) is 34.6 Å². The Morgan fingerprint density at radius 1 is 0.780 bits per heavy atom. The summed E-state index contributed by atoms with van der Waals surface area (Å²) in [5.74, 6) is 1.82. The van der Waals surface area contributed by atoms with Crippen LogP contribution in [0.15, 0.2) is 78.9 Å². The van der Waals surface area contributed by atoms with Crippen LogP contribution in [0.25, 0.3) is 11.3 Å². The molecule has 1 heterocycles. The summed E-state index contributed by atoms with van der Waals surface area (Å²) >= 11 is 0. The third-order valence-corrected chi connectivity index (χ3v) is 7.81. The largest absolute Gasteiger partial charge is 0.497 e. The molecular weight excluding hydrogens is 504 g/mol. The Morgan fingerprint density at radius 2 is 1.44 bits per heavy atom. The predicted octanol–water partition coefficient (Wildman–Crippen LogP) is 8.61. The van der Waals surface area contributed by atoms with Crippen molar-refractivity contribution in [2.45, 2.75) is 86.0 Å². The second-order valence-corrected chi connectivity index (χ2v) is 11.2. The van der Waals surface area contributed by atoms with Gasteiger partial charge in [-0.3, -0.25) is 9.88 Å². The smallest absolute Gasteiger partial charge is 0.128 e. The minimum atomic E-state index is 0.0646. The number of nitrogens with zero attached hydrogens (tertiary/aromatic N) is 2. The fraction of sp³-hybridized carbons (Fsp3) is 0.378. The zero-order valence-electron chi connectivity index (χ0n) is 25.9. The normalized spacial score (nSPS) is 12.1. The van der Waals surface area contributed by atoms with Gasteiger partial charge in [-0.15, -0.1) is 0 Å². The highest BCUT2D eigenvalue weighted by Crippen LogP contribution is 2.34. The molecule has 4 rings (SSSR count). The van der Waals surface area contributed by atoms with Gasteiger partial charge in [0.1, 0.15) is 11.5 Å². The number of methoxy groups -OCH3 is 1. The van der Waals surface area contributed by atoms with Crippen LogP contribution in [-0.2, 0) is 32.4 Å². The monoisotopic (exact) mass is 550 g/mol. The van der Waals surface area contributed by atoms with E-state index in [1.807, 2.05) is 12.1 Å². The van der Waals surface area contributed by atoms with Gasteiger partial charge in [0.25, 0.3) is 0 Å². The third-order valence-electron chi connectivity index (χ3n) is 7.81. The predicted molar refractivity (Wildman–Crippen MR) is 171 cm³/mol. The molecule has 1 unspecified atom stereocenters. The summed E-state index contributed by atoms with van der Waals surface area (Å²) in [7, 11) is 1.71. The van der Waals surface area contributed by atoms with E-state index < -0.39 is 0 Å². The molecular formula is C37H46N2O2. The molecule has 0 aliphatic heterocycles. The molecule has 0 saturated heterocycles. The molecule has 41 heavy (non-hydrogen) atoms. The van der Waals surface area contributed by atoms with Gasteiger partial charge in [-0.2, -0.15) is 0 Å². The fourth-order valence-electron chi connectivity index (χ4n) is 5.54. The molecule has 4 nitrogen and oxygen atoms in total. The van der Waals surface area contributed by atoms with Crippen LogP contribution in [0.1, 0.15) is 68.1 Å². The van der Waals surface area contributed by atoms with E-state index in [1.165, 1.54) is 27.8 Å². The average molecular weight is 551 g/mol. The van der Waals surface area contributed by atoms with E-state index >= 15 is 0 Å². The highest BCUT2D eigenvalue weighted by molar-refractivity contribution is 5.70. The Labute approximate surface area is 247 Å². The lowest BCUT2D eigenvalue weighted by molar-refractivity contribution is 0.181. The standard InChI is InChI=1S/C37H46N2O2/c1-8-31-16-13-17-32(9-2)37(31)35-23-36(41-26(3)4)34(28(6)38-35)25-39(24-30-14-11-10-12-15-30)27(5)22-29-18-20-33(40-7)21-19-29/h10-21,23,26-27H,8-9,22,24-25H2,1-7H3. The molecule has 0 spiro atoms. The number of aryl methyl sites for hydroxylation is 3. The molecule has 0 radical (unpaired) electrons. The Hall–Kier alpha value is -3.63. The van der Waals surface area contributed by atoms with E-state index in [0.29, 0.717) is 6.04 Å². The molecule has 1 atom stereocenters. The van der Waals surface area contributed by atoms with E-state index in [2.05, 4.69) is 113 Å². The number of pyridine rings is 1. The van der Waals surface area contributed by atoms with Crippen molar-refractivity contribution in [1.82, 2.24) is 9.88 Å². The van der Waals surface area contributed by atoms with Crippen molar-refractivity contribution >= 4 is 0 Å². The first kappa shape index (κ1) is 30.3. The van der Waals surface area contributed by atoms with Crippen LogP contribution in [0.4, 0.5) is 0 Å². The maximum absolute atomic E-state index is 6.53. The summed E-state index contributed by atoms with van der Waals surface area (Å²) in [4.78, 5) is 7.78. The summed E-state index contributed by atoms with van der Waals surface area (Å²) < 4.78 is 11.9. The molecule has 4 heteroatoms. The van der Waals surface area contributed by atoms with Gasteiger partial charge in [0, 0.05) is 42.0 Å². The maximum Gasteiger partial charge on any atom is 0.128 e. The van der Waals surface area contributed by atoms with Gasteiger partial charge in [0.15, 0.2) is 0 Å². The SMILES string of the molecule is CCc1cccc(CC)c1-c1cc(OC(C)C)c(CN(Cc2ccccc2)C(C)Cc2ccc(OC)cc2)c(C)n1. The average Bonchev–Trinajstić information content (AvgIpc) is 2.98. The first-order valence-corrected chi connectivity index (χ1v) is 15.0. The third kappa shape index (κ3) is 7.77. The minimum absolute atomic E-state index is 0.0646. The number of ether oxygens (including phenoxy) is 2. The molecule has 216 valence electrons. The number of rotatable bonds is 13. The van der Waals surface area contributed by atoms with Gasteiger partial charge in [0.2, 0.25) is 0 Å². The highest BCUT2D eigenvalue weighted by Gasteiger charge is 2.22. The molecule has 0 bridgehead atoms. The van der Waals surface area contributed by atoms with E-state index in [0.717, 1.165) is 60.8 Å². The van der Waals surface area contributed by atoms with Crippen LogP contribution in [0.2, 0.25) is 0 Å².